The highest BCUT2D eigenvalue weighted by molar-refractivity contribution is 6.14. The van der Waals surface area contributed by atoms with Crippen molar-refractivity contribution in [3.05, 3.63) is 242 Å². The van der Waals surface area contributed by atoms with E-state index in [1.807, 2.05) is 78.9 Å². The molecule has 0 spiro atoms. The Morgan fingerprint density at radius 3 is 1.17 bits per heavy atom. The third kappa shape index (κ3) is 6.49. The van der Waals surface area contributed by atoms with Crippen LogP contribution in [0.25, 0.3) is 128 Å². The van der Waals surface area contributed by atoms with Gasteiger partial charge in [0.05, 0.1) is 38.8 Å². The topological polar surface area (TPSA) is 53.5 Å². The van der Waals surface area contributed by atoms with Gasteiger partial charge in [-0.3, -0.25) is 0 Å². The quantitative estimate of drug-likeness (QED) is 0.160. The first-order chi connectivity index (χ1) is 35.0. The summed E-state index contributed by atoms with van der Waals surface area (Å²) in [6.45, 7) is 0. The van der Waals surface area contributed by atoms with E-state index >= 15 is 4.39 Å². The van der Waals surface area contributed by atoms with Gasteiger partial charge in [-0.25, -0.2) is 23.7 Å². The molecule has 0 aliphatic carbocycles. The van der Waals surface area contributed by atoms with Crippen LogP contribution in [0.1, 0.15) is 0 Å². The van der Waals surface area contributed by atoms with E-state index in [0.29, 0.717) is 28.6 Å². The highest BCUT2D eigenvalue weighted by Crippen LogP contribution is 2.42. The number of benzene rings is 10. The molecule has 0 bridgehead atoms. The maximum Gasteiger partial charge on any atom is 0.166 e. The zero-order chi connectivity index (χ0) is 47.2. The molecular weight excluding hydrogens is 879 g/mol. The number of fused-ring (bicyclic) bond motifs is 9. The minimum Gasteiger partial charge on any atom is -0.309 e. The van der Waals surface area contributed by atoms with Gasteiger partial charge in [-0.2, -0.15) is 0 Å². The van der Waals surface area contributed by atoms with Crippen LogP contribution in [0.4, 0.5) is 8.78 Å². The molecular formula is C63H38F2N6. The van der Waals surface area contributed by atoms with Crippen LogP contribution in [-0.4, -0.2) is 28.7 Å². The van der Waals surface area contributed by atoms with Crippen molar-refractivity contribution in [3.8, 4) is 62.4 Å². The van der Waals surface area contributed by atoms with Crippen LogP contribution < -0.4 is 0 Å². The Bertz CT molecular complexity index is 4100. The molecule has 4 aromatic heterocycles. The van der Waals surface area contributed by atoms with Crippen LogP contribution in [0.5, 0.6) is 0 Å². The van der Waals surface area contributed by atoms with E-state index in [2.05, 4.69) is 147 Å². The smallest absolute Gasteiger partial charge is 0.166 e. The summed E-state index contributed by atoms with van der Waals surface area (Å²) in [7, 11) is 0. The van der Waals surface area contributed by atoms with Crippen molar-refractivity contribution < 1.29 is 8.78 Å². The first-order valence-corrected chi connectivity index (χ1v) is 23.6. The van der Waals surface area contributed by atoms with E-state index in [1.54, 1.807) is 0 Å². The van der Waals surface area contributed by atoms with Crippen molar-refractivity contribution in [1.82, 2.24) is 28.7 Å². The zero-order valence-corrected chi connectivity index (χ0v) is 37.9. The second-order valence-electron chi connectivity index (χ2n) is 17.9. The van der Waals surface area contributed by atoms with Gasteiger partial charge in [0.15, 0.2) is 17.5 Å². The maximum atomic E-state index is 15.8. The van der Waals surface area contributed by atoms with Gasteiger partial charge in [0.1, 0.15) is 11.6 Å². The molecule has 0 aliphatic heterocycles. The van der Waals surface area contributed by atoms with Crippen LogP contribution in [-0.2, 0) is 0 Å². The standard InChI is InChI=1S/C63H38F2N6/c64-42-28-31-45(53(65)36-42)41-27-32-60(52(35-41)63-67-61(39-15-3-1-4-16-39)66-62(68-63)40-17-5-2-6-18-40)71-58-33-29-43(69-54-23-11-7-19-46(54)47-20-8-12-24-55(47)69)37-50(58)51-38-44(30-34-59(51)71)70-56-25-13-9-21-48(56)49-22-10-14-26-57(49)70/h1-38H. The molecule has 0 saturated heterocycles. The summed E-state index contributed by atoms with van der Waals surface area (Å²) in [5.41, 5.74) is 12.3. The lowest BCUT2D eigenvalue weighted by Crippen LogP contribution is -2.04. The second-order valence-corrected chi connectivity index (χ2v) is 17.9. The number of halogens is 2. The summed E-state index contributed by atoms with van der Waals surface area (Å²) in [5, 5.41) is 6.80. The Morgan fingerprint density at radius 2 is 0.704 bits per heavy atom. The lowest BCUT2D eigenvalue weighted by atomic mass is 10.00. The number of nitrogens with zero attached hydrogens (tertiary/aromatic N) is 6. The summed E-state index contributed by atoms with van der Waals surface area (Å²) >= 11 is 0. The SMILES string of the molecule is Fc1ccc(-c2ccc(-n3c4ccc(-n5c6ccccc6c6ccccc65)cc4c4cc(-n5c6ccccc6c6ccccc65)ccc43)c(-c3nc(-c4ccccc4)nc(-c4ccccc4)n3)c2)c(F)c1. The molecule has 8 heteroatoms. The first-order valence-electron chi connectivity index (χ1n) is 23.6. The molecule has 0 aliphatic rings. The van der Waals surface area contributed by atoms with Gasteiger partial charge >= 0.3 is 0 Å². The lowest BCUT2D eigenvalue weighted by molar-refractivity contribution is 0.585. The molecule has 14 rings (SSSR count). The molecule has 14 aromatic rings. The van der Waals surface area contributed by atoms with Gasteiger partial charge in [-0.15, -0.1) is 0 Å². The number of hydrogen-bond donors (Lipinski definition) is 0. The molecule has 0 atom stereocenters. The maximum absolute atomic E-state index is 15.8. The van der Waals surface area contributed by atoms with Crippen molar-refractivity contribution in [2.45, 2.75) is 0 Å². The van der Waals surface area contributed by atoms with Crippen LogP contribution in [0, 0.1) is 11.6 Å². The molecule has 334 valence electrons. The fraction of sp³-hybridized carbons (Fsp3) is 0. The molecule has 10 aromatic carbocycles. The zero-order valence-electron chi connectivity index (χ0n) is 37.9. The Hall–Kier alpha value is -9.53. The van der Waals surface area contributed by atoms with Crippen LogP contribution in [0.2, 0.25) is 0 Å². The number of rotatable bonds is 7. The van der Waals surface area contributed by atoms with Gasteiger partial charge in [0.25, 0.3) is 0 Å². The van der Waals surface area contributed by atoms with E-state index in [0.717, 1.165) is 78.1 Å². The molecule has 0 fully saturated rings. The molecule has 0 amide bonds. The Labute approximate surface area is 405 Å². The van der Waals surface area contributed by atoms with E-state index < -0.39 is 11.6 Å². The van der Waals surface area contributed by atoms with Gasteiger partial charge in [-0.05, 0) is 90.5 Å². The molecule has 4 heterocycles. The van der Waals surface area contributed by atoms with Crippen LogP contribution >= 0.6 is 0 Å². The monoisotopic (exact) mass is 916 g/mol. The van der Waals surface area contributed by atoms with E-state index in [-0.39, 0.29) is 5.56 Å². The van der Waals surface area contributed by atoms with E-state index in [4.69, 9.17) is 15.0 Å². The normalized spacial score (nSPS) is 11.8. The van der Waals surface area contributed by atoms with Gasteiger partial charge in [0, 0.05) is 72.0 Å². The van der Waals surface area contributed by atoms with Gasteiger partial charge in [-0.1, -0.05) is 140 Å². The van der Waals surface area contributed by atoms with Crippen molar-refractivity contribution in [1.29, 1.82) is 0 Å². The molecule has 0 radical (unpaired) electrons. The third-order valence-corrected chi connectivity index (χ3v) is 13.8. The fourth-order valence-corrected chi connectivity index (χ4v) is 10.7. The molecule has 0 saturated carbocycles. The van der Waals surface area contributed by atoms with Gasteiger partial charge in [0.2, 0.25) is 0 Å². The first kappa shape index (κ1) is 40.5. The Kier molecular flexibility index (Phi) is 9.16. The predicted molar refractivity (Wildman–Crippen MR) is 285 cm³/mol. The minimum atomic E-state index is -0.665. The highest BCUT2D eigenvalue weighted by Gasteiger charge is 2.23. The summed E-state index contributed by atoms with van der Waals surface area (Å²) in [5.74, 6) is 0.0730. The average molecular weight is 917 g/mol. The molecule has 6 nitrogen and oxygen atoms in total. The average Bonchev–Trinajstić information content (AvgIpc) is 4.06. The van der Waals surface area contributed by atoms with Crippen molar-refractivity contribution in [2.24, 2.45) is 0 Å². The van der Waals surface area contributed by atoms with Crippen molar-refractivity contribution >= 4 is 65.4 Å². The predicted octanol–water partition coefficient (Wildman–Crippen LogP) is 16.1. The molecule has 0 unspecified atom stereocenters. The second kappa shape index (κ2) is 16.0. The number of hydrogen-bond acceptors (Lipinski definition) is 3. The number of aromatic nitrogens is 6. The van der Waals surface area contributed by atoms with Gasteiger partial charge < -0.3 is 13.7 Å². The van der Waals surface area contributed by atoms with E-state index in [9.17, 15) is 4.39 Å². The van der Waals surface area contributed by atoms with Crippen molar-refractivity contribution in [3.63, 3.8) is 0 Å². The fourth-order valence-electron chi connectivity index (χ4n) is 10.7. The molecule has 0 N–H and O–H groups in total. The van der Waals surface area contributed by atoms with E-state index in [1.165, 1.54) is 33.7 Å². The number of para-hydroxylation sites is 4. The minimum absolute atomic E-state index is 0.258. The molecule has 71 heavy (non-hydrogen) atoms. The van der Waals surface area contributed by atoms with Crippen LogP contribution in [0.15, 0.2) is 231 Å². The Morgan fingerprint density at radius 1 is 0.282 bits per heavy atom. The third-order valence-electron chi connectivity index (χ3n) is 13.8. The summed E-state index contributed by atoms with van der Waals surface area (Å²) in [6, 6.07) is 76.8. The highest BCUT2D eigenvalue weighted by atomic mass is 19.1. The van der Waals surface area contributed by atoms with Crippen LogP contribution in [0.3, 0.4) is 0 Å². The summed E-state index contributed by atoms with van der Waals surface area (Å²) < 4.78 is 37.2. The Balaban J connectivity index is 1.08. The largest absolute Gasteiger partial charge is 0.309 e. The lowest BCUT2D eigenvalue weighted by Gasteiger charge is -2.17. The summed E-state index contributed by atoms with van der Waals surface area (Å²) in [4.78, 5) is 15.4. The summed E-state index contributed by atoms with van der Waals surface area (Å²) in [6.07, 6.45) is 0. The van der Waals surface area contributed by atoms with Crippen molar-refractivity contribution in [2.75, 3.05) is 0 Å².